The number of anilines is 1. The topological polar surface area (TPSA) is 70.1 Å². The highest BCUT2D eigenvalue weighted by Gasteiger charge is 2.29. The fraction of sp³-hybridized carbons (Fsp3) is 0.692. The predicted molar refractivity (Wildman–Crippen MR) is 69.4 cm³/mol. The van der Waals surface area contributed by atoms with E-state index in [9.17, 15) is 4.79 Å². The fourth-order valence-corrected chi connectivity index (χ4v) is 2.46. The zero-order chi connectivity index (χ0) is 13.3. The molecule has 1 heterocycles. The normalized spacial score (nSPS) is 16.6. The van der Waals surface area contributed by atoms with Crippen molar-refractivity contribution in [3.63, 3.8) is 0 Å². The van der Waals surface area contributed by atoms with Gasteiger partial charge in [0.15, 0.2) is 5.69 Å². The lowest BCUT2D eigenvalue weighted by Gasteiger charge is -2.19. The van der Waals surface area contributed by atoms with Crippen molar-refractivity contribution in [1.29, 1.82) is 0 Å². The summed E-state index contributed by atoms with van der Waals surface area (Å²) in [6, 6.07) is 0.336. The summed E-state index contributed by atoms with van der Waals surface area (Å²) in [5.41, 5.74) is 6.29. The molecule has 1 aliphatic carbocycles. The van der Waals surface area contributed by atoms with Crippen molar-refractivity contribution in [2.24, 2.45) is 5.92 Å². The van der Waals surface area contributed by atoms with Crippen molar-refractivity contribution in [3.05, 3.63) is 11.5 Å². The summed E-state index contributed by atoms with van der Waals surface area (Å²) in [5, 5.41) is 0. The van der Waals surface area contributed by atoms with Crippen molar-refractivity contribution in [3.8, 4) is 0 Å². The SMILES string of the molecule is CCC(CC1CC1)n1c(C)nc(C(=O)OC)c1N. The number of nitrogens with two attached hydrogens (primary N) is 1. The highest BCUT2D eigenvalue weighted by Crippen LogP contribution is 2.39. The van der Waals surface area contributed by atoms with Crippen LogP contribution >= 0.6 is 0 Å². The summed E-state index contributed by atoms with van der Waals surface area (Å²) < 4.78 is 6.69. The number of methoxy groups -OCH3 is 1. The molecule has 5 nitrogen and oxygen atoms in total. The van der Waals surface area contributed by atoms with Crippen LogP contribution in [-0.4, -0.2) is 22.6 Å². The molecule has 0 saturated heterocycles. The summed E-state index contributed by atoms with van der Waals surface area (Å²) in [5.74, 6) is 1.58. The molecule has 2 N–H and O–H groups in total. The Hall–Kier alpha value is -1.52. The van der Waals surface area contributed by atoms with Crippen LogP contribution in [-0.2, 0) is 4.74 Å². The summed E-state index contributed by atoms with van der Waals surface area (Å²) in [6.07, 6.45) is 4.75. The van der Waals surface area contributed by atoms with E-state index in [0.29, 0.717) is 11.9 Å². The largest absolute Gasteiger partial charge is 0.464 e. The molecular formula is C13H21N3O2. The first-order valence-electron chi connectivity index (χ1n) is 6.51. The van der Waals surface area contributed by atoms with Gasteiger partial charge in [-0.2, -0.15) is 0 Å². The summed E-state index contributed by atoms with van der Waals surface area (Å²) in [6.45, 7) is 4.03. The third-order valence-electron chi connectivity index (χ3n) is 3.64. The lowest BCUT2D eigenvalue weighted by Crippen LogP contribution is -2.14. The number of ether oxygens (including phenoxy) is 1. The van der Waals surface area contributed by atoms with E-state index in [1.807, 2.05) is 11.5 Å². The zero-order valence-electron chi connectivity index (χ0n) is 11.3. The third kappa shape index (κ3) is 2.35. The van der Waals surface area contributed by atoms with Gasteiger partial charge in [-0.3, -0.25) is 0 Å². The second-order valence-electron chi connectivity index (χ2n) is 5.00. The van der Waals surface area contributed by atoms with Gasteiger partial charge in [-0.1, -0.05) is 19.8 Å². The number of hydrogen-bond acceptors (Lipinski definition) is 4. The van der Waals surface area contributed by atoms with Crippen LogP contribution in [0.4, 0.5) is 5.82 Å². The van der Waals surface area contributed by atoms with E-state index >= 15 is 0 Å². The number of hydrogen-bond donors (Lipinski definition) is 1. The van der Waals surface area contributed by atoms with Crippen LogP contribution in [0.1, 0.15) is 55.0 Å². The quantitative estimate of drug-likeness (QED) is 0.815. The summed E-state index contributed by atoms with van der Waals surface area (Å²) in [4.78, 5) is 15.8. The number of nitrogen functional groups attached to an aromatic ring is 1. The highest BCUT2D eigenvalue weighted by molar-refractivity contribution is 5.92. The van der Waals surface area contributed by atoms with Gasteiger partial charge in [-0.25, -0.2) is 9.78 Å². The highest BCUT2D eigenvalue weighted by atomic mass is 16.5. The Kier molecular flexibility index (Phi) is 3.59. The minimum absolute atomic E-state index is 0.240. The van der Waals surface area contributed by atoms with E-state index in [1.165, 1.54) is 20.0 Å². The van der Waals surface area contributed by atoms with Gasteiger partial charge >= 0.3 is 5.97 Å². The molecule has 0 radical (unpaired) electrons. The molecule has 0 amide bonds. The van der Waals surface area contributed by atoms with Crippen LogP contribution in [0.2, 0.25) is 0 Å². The van der Waals surface area contributed by atoms with Crippen molar-refractivity contribution in [2.75, 3.05) is 12.8 Å². The van der Waals surface area contributed by atoms with E-state index < -0.39 is 5.97 Å². The summed E-state index contributed by atoms with van der Waals surface area (Å²) >= 11 is 0. The van der Waals surface area contributed by atoms with Gasteiger partial charge in [0, 0.05) is 6.04 Å². The van der Waals surface area contributed by atoms with E-state index in [2.05, 4.69) is 11.9 Å². The molecule has 0 aliphatic heterocycles. The molecule has 0 aromatic carbocycles. The van der Waals surface area contributed by atoms with Gasteiger partial charge in [0.25, 0.3) is 0 Å². The number of nitrogens with zero attached hydrogens (tertiary/aromatic N) is 2. The molecule has 1 unspecified atom stereocenters. The number of rotatable bonds is 5. The molecule has 100 valence electrons. The van der Waals surface area contributed by atoms with Crippen LogP contribution in [0.5, 0.6) is 0 Å². The first-order valence-corrected chi connectivity index (χ1v) is 6.51. The van der Waals surface area contributed by atoms with Gasteiger partial charge in [-0.15, -0.1) is 0 Å². The second-order valence-corrected chi connectivity index (χ2v) is 5.00. The van der Waals surface area contributed by atoms with Gasteiger partial charge < -0.3 is 15.0 Å². The van der Waals surface area contributed by atoms with E-state index in [-0.39, 0.29) is 5.69 Å². The molecule has 1 aromatic rings. The van der Waals surface area contributed by atoms with E-state index in [0.717, 1.165) is 24.6 Å². The molecule has 1 aliphatic rings. The molecule has 2 rings (SSSR count). The van der Waals surface area contributed by atoms with Gasteiger partial charge in [0.1, 0.15) is 11.6 Å². The Morgan fingerprint density at radius 1 is 1.61 bits per heavy atom. The third-order valence-corrected chi connectivity index (χ3v) is 3.64. The molecule has 1 atom stereocenters. The number of esters is 1. The van der Waals surface area contributed by atoms with Gasteiger partial charge in [0.2, 0.25) is 0 Å². The number of imidazole rings is 1. The van der Waals surface area contributed by atoms with Crippen molar-refractivity contribution in [1.82, 2.24) is 9.55 Å². The Labute approximate surface area is 107 Å². The van der Waals surface area contributed by atoms with Crippen molar-refractivity contribution >= 4 is 11.8 Å². The first-order chi connectivity index (χ1) is 8.58. The average Bonchev–Trinajstić information content (AvgIpc) is 3.12. The molecule has 1 aromatic heterocycles. The van der Waals surface area contributed by atoms with Crippen molar-refractivity contribution < 1.29 is 9.53 Å². The number of carbonyl (C=O) groups is 1. The Balaban J connectivity index is 2.30. The lowest BCUT2D eigenvalue weighted by atomic mass is 10.1. The maximum absolute atomic E-state index is 11.6. The molecular weight excluding hydrogens is 230 g/mol. The standard InChI is InChI=1S/C13H21N3O2/c1-4-10(7-9-5-6-9)16-8(2)15-11(12(16)14)13(17)18-3/h9-10H,4-7,14H2,1-3H3. The lowest BCUT2D eigenvalue weighted by molar-refractivity contribution is 0.0595. The van der Waals surface area contributed by atoms with Crippen LogP contribution in [0.3, 0.4) is 0 Å². The van der Waals surface area contributed by atoms with Gasteiger partial charge in [-0.05, 0) is 25.7 Å². The van der Waals surface area contributed by atoms with Crippen molar-refractivity contribution in [2.45, 2.75) is 45.6 Å². The Morgan fingerprint density at radius 2 is 2.28 bits per heavy atom. The predicted octanol–water partition coefficient (Wildman–Crippen LogP) is 2.31. The minimum Gasteiger partial charge on any atom is -0.464 e. The molecule has 1 fully saturated rings. The van der Waals surface area contributed by atoms with Gasteiger partial charge in [0.05, 0.1) is 7.11 Å². The summed E-state index contributed by atoms with van der Waals surface area (Å²) in [7, 11) is 1.34. The average molecular weight is 251 g/mol. The van der Waals surface area contributed by atoms with Crippen LogP contribution < -0.4 is 5.73 Å². The zero-order valence-corrected chi connectivity index (χ0v) is 11.3. The molecule has 5 heteroatoms. The van der Waals surface area contributed by atoms with Crippen LogP contribution in [0.25, 0.3) is 0 Å². The van der Waals surface area contributed by atoms with Crippen LogP contribution in [0, 0.1) is 12.8 Å². The van der Waals surface area contributed by atoms with E-state index in [4.69, 9.17) is 10.5 Å². The number of aromatic nitrogens is 2. The minimum atomic E-state index is -0.462. The molecule has 0 spiro atoms. The number of aryl methyl sites for hydroxylation is 1. The van der Waals surface area contributed by atoms with E-state index in [1.54, 1.807) is 0 Å². The smallest absolute Gasteiger partial charge is 0.360 e. The maximum atomic E-state index is 11.6. The second kappa shape index (κ2) is 5.00. The molecule has 18 heavy (non-hydrogen) atoms. The fourth-order valence-electron chi connectivity index (χ4n) is 2.46. The number of carbonyl (C=O) groups excluding carboxylic acids is 1. The monoisotopic (exact) mass is 251 g/mol. The molecule has 1 saturated carbocycles. The Morgan fingerprint density at radius 3 is 2.78 bits per heavy atom. The first kappa shape index (κ1) is 12.9. The molecule has 0 bridgehead atoms. The van der Waals surface area contributed by atoms with Crippen LogP contribution in [0.15, 0.2) is 0 Å². The maximum Gasteiger partial charge on any atom is 0.360 e. The Bertz CT molecular complexity index is 449.